The Morgan fingerprint density at radius 1 is 0.939 bits per heavy atom. The molecule has 0 spiro atoms. The lowest BCUT2D eigenvalue weighted by atomic mass is 9.81. The van der Waals surface area contributed by atoms with Gasteiger partial charge in [-0.1, -0.05) is 38.1 Å². The number of phenols is 1. The van der Waals surface area contributed by atoms with Crippen molar-refractivity contribution < 1.29 is 14.7 Å². The largest absolute Gasteiger partial charge is 0.508 e. The van der Waals surface area contributed by atoms with E-state index in [1.807, 2.05) is 36.4 Å². The van der Waals surface area contributed by atoms with Crippen molar-refractivity contribution in [2.24, 2.45) is 0 Å². The van der Waals surface area contributed by atoms with Crippen LogP contribution in [-0.4, -0.2) is 40.6 Å². The van der Waals surface area contributed by atoms with E-state index in [4.69, 9.17) is 0 Å². The van der Waals surface area contributed by atoms with Crippen molar-refractivity contribution in [2.45, 2.75) is 76.3 Å². The highest BCUT2D eigenvalue weighted by atomic mass is 16.3. The molecule has 0 bridgehead atoms. The Morgan fingerprint density at radius 2 is 1.61 bits per heavy atom. The molecule has 0 radical (unpaired) electrons. The number of carbonyl (C=O) groups excluding carboxylic acids is 2. The first-order valence-corrected chi connectivity index (χ1v) is 12.2. The van der Waals surface area contributed by atoms with Gasteiger partial charge in [-0.25, -0.2) is 4.79 Å². The monoisotopic (exact) mass is 449 g/mol. The Bertz CT molecular complexity index is 948. The van der Waals surface area contributed by atoms with E-state index in [0.29, 0.717) is 24.8 Å². The number of urea groups is 1. The number of benzene rings is 2. The zero-order valence-electron chi connectivity index (χ0n) is 19.6. The van der Waals surface area contributed by atoms with Crippen LogP contribution in [0.3, 0.4) is 0 Å². The van der Waals surface area contributed by atoms with Crippen molar-refractivity contribution in [3.8, 4) is 5.75 Å². The molecule has 1 atom stereocenters. The van der Waals surface area contributed by atoms with Crippen LogP contribution in [-0.2, 0) is 4.79 Å². The average molecular weight is 450 g/mol. The molecule has 33 heavy (non-hydrogen) atoms. The van der Waals surface area contributed by atoms with E-state index < -0.39 is 6.04 Å². The van der Waals surface area contributed by atoms with Crippen LogP contribution >= 0.6 is 0 Å². The fraction of sp³-hybridized carbons (Fsp3) is 0.481. The van der Waals surface area contributed by atoms with E-state index in [9.17, 15) is 14.7 Å². The van der Waals surface area contributed by atoms with Gasteiger partial charge in [-0.05, 0) is 85.8 Å². The average Bonchev–Trinajstić information content (AvgIpc) is 3.31. The highest BCUT2D eigenvalue weighted by molar-refractivity contribution is 5.94. The van der Waals surface area contributed by atoms with Gasteiger partial charge >= 0.3 is 6.03 Å². The molecule has 2 aliphatic rings. The molecule has 0 aromatic heterocycles. The van der Waals surface area contributed by atoms with Crippen LogP contribution in [0.1, 0.15) is 75.3 Å². The quantitative estimate of drug-likeness (QED) is 0.575. The highest BCUT2D eigenvalue weighted by Gasteiger charge is 2.35. The third kappa shape index (κ3) is 5.67. The van der Waals surface area contributed by atoms with E-state index in [2.05, 4.69) is 24.5 Å². The number of nitrogens with one attached hydrogen (secondary N) is 2. The number of phenolic OH excluding ortho intramolecular Hbond substituents is 1. The lowest BCUT2D eigenvalue weighted by Gasteiger charge is -2.31. The van der Waals surface area contributed by atoms with Crippen molar-refractivity contribution in [1.29, 1.82) is 0 Å². The summed E-state index contributed by atoms with van der Waals surface area (Å²) in [7, 11) is 0. The number of rotatable bonds is 5. The first-order valence-electron chi connectivity index (χ1n) is 12.2. The van der Waals surface area contributed by atoms with Gasteiger partial charge < -0.3 is 20.6 Å². The number of aromatic hydroxyl groups is 1. The standard InChI is InChI=1S/C27H35N3O3/c1-18(2)19-5-11-23(12-6-19)29-27(33)30-17-3-4-25(30)26(32)28-22-13-7-20(8-14-22)21-9-15-24(31)16-10-21/h5-6,9-12,15-16,18,20,22,25,31H,3-4,7-8,13-14,17H2,1-2H3,(H,28,32)(H,29,33)/t20?,22?,25-/m1/s1. The lowest BCUT2D eigenvalue weighted by molar-refractivity contribution is -0.125. The van der Waals surface area contributed by atoms with Gasteiger partial charge in [0.05, 0.1) is 0 Å². The van der Waals surface area contributed by atoms with Gasteiger partial charge in [-0.3, -0.25) is 4.79 Å². The van der Waals surface area contributed by atoms with Gasteiger partial charge in [0.15, 0.2) is 0 Å². The molecule has 3 N–H and O–H groups in total. The minimum absolute atomic E-state index is 0.0362. The second-order valence-corrected chi connectivity index (χ2v) is 9.71. The SMILES string of the molecule is CC(C)c1ccc(NC(=O)N2CCC[C@@H]2C(=O)NC2CCC(c3ccc(O)cc3)CC2)cc1. The molecule has 6 nitrogen and oxygen atoms in total. The zero-order valence-corrected chi connectivity index (χ0v) is 19.6. The van der Waals surface area contributed by atoms with E-state index in [1.165, 1.54) is 11.1 Å². The third-order valence-corrected chi connectivity index (χ3v) is 7.08. The van der Waals surface area contributed by atoms with E-state index >= 15 is 0 Å². The predicted molar refractivity (Wildman–Crippen MR) is 131 cm³/mol. The van der Waals surface area contributed by atoms with Crippen molar-refractivity contribution >= 4 is 17.6 Å². The normalized spacial score (nSPS) is 22.9. The van der Waals surface area contributed by atoms with Crippen molar-refractivity contribution in [2.75, 3.05) is 11.9 Å². The number of carbonyl (C=O) groups is 2. The summed E-state index contributed by atoms with van der Waals surface area (Å²) in [5.74, 6) is 1.16. The number of hydrogen-bond acceptors (Lipinski definition) is 3. The molecule has 0 unspecified atom stereocenters. The van der Waals surface area contributed by atoms with Crippen LogP contribution in [0.5, 0.6) is 5.75 Å². The fourth-order valence-corrected chi connectivity index (χ4v) is 5.04. The van der Waals surface area contributed by atoms with Crippen molar-refractivity contribution in [3.05, 3.63) is 59.7 Å². The molecule has 4 rings (SSSR count). The van der Waals surface area contributed by atoms with Gasteiger partial charge in [-0.15, -0.1) is 0 Å². The number of anilines is 1. The summed E-state index contributed by atoms with van der Waals surface area (Å²) >= 11 is 0. The van der Waals surface area contributed by atoms with Crippen molar-refractivity contribution in [3.63, 3.8) is 0 Å². The van der Waals surface area contributed by atoms with E-state index in [1.54, 1.807) is 17.0 Å². The van der Waals surface area contributed by atoms with Crippen LogP contribution < -0.4 is 10.6 Å². The van der Waals surface area contributed by atoms with E-state index in [0.717, 1.165) is 37.8 Å². The molecule has 2 aromatic rings. The molecular formula is C27H35N3O3. The third-order valence-electron chi connectivity index (χ3n) is 7.08. The van der Waals surface area contributed by atoms with Crippen LogP contribution in [0, 0.1) is 0 Å². The topological polar surface area (TPSA) is 81.7 Å². The van der Waals surface area contributed by atoms with Crippen LogP contribution in [0.15, 0.2) is 48.5 Å². The predicted octanol–water partition coefficient (Wildman–Crippen LogP) is 5.35. The Kier molecular flexibility index (Phi) is 7.21. The van der Waals surface area contributed by atoms with Gasteiger partial charge in [0.1, 0.15) is 11.8 Å². The Morgan fingerprint density at radius 3 is 2.24 bits per heavy atom. The minimum Gasteiger partial charge on any atom is -0.508 e. The van der Waals surface area contributed by atoms with Crippen LogP contribution in [0.25, 0.3) is 0 Å². The molecule has 1 aliphatic carbocycles. The molecular weight excluding hydrogens is 414 g/mol. The first kappa shape index (κ1) is 23.1. The second-order valence-electron chi connectivity index (χ2n) is 9.71. The van der Waals surface area contributed by atoms with Gasteiger partial charge in [0, 0.05) is 18.3 Å². The highest BCUT2D eigenvalue weighted by Crippen LogP contribution is 2.33. The molecule has 6 heteroatoms. The Balaban J connectivity index is 1.28. The summed E-state index contributed by atoms with van der Waals surface area (Å²) in [6, 6.07) is 14.9. The molecule has 3 amide bonds. The smallest absolute Gasteiger partial charge is 0.322 e. The van der Waals surface area contributed by atoms with Gasteiger partial charge in [-0.2, -0.15) is 0 Å². The fourth-order valence-electron chi connectivity index (χ4n) is 5.04. The number of nitrogens with zero attached hydrogens (tertiary/aromatic N) is 1. The zero-order chi connectivity index (χ0) is 23.4. The summed E-state index contributed by atoms with van der Waals surface area (Å²) in [6.45, 7) is 4.88. The maximum absolute atomic E-state index is 13.0. The van der Waals surface area contributed by atoms with Crippen LogP contribution in [0.4, 0.5) is 10.5 Å². The van der Waals surface area contributed by atoms with Gasteiger partial charge in [0.2, 0.25) is 5.91 Å². The Labute approximate surface area is 196 Å². The maximum atomic E-state index is 13.0. The summed E-state index contributed by atoms with van der Waals surface area (Å²) in [5.41, 5.74) is 3.23. The summed E-state index contributed by atoms with van der Waals surface area (Å²) in [4.78, 5) is 27.6. The summed E-state index contributed by atoms with van der Waals surface area (Å²) in [6.07, 6.45) is 5.42. The molecule has 1 saturated heterocycles. The minimum atomic E-state index is -0.408. The van der Waals surface area contributed by atoms with Gasteiger partial charge in [0.25, 0.3) is 0 Å². The summed E-state index contributed by atoms with van der Waals surface area (Å²) in [5, 5.41) is 15.7. The molecule has 1 heterocycles. The molecule has 2 fully saturated rings. The van der Waals surface area contributed by atoms with Crippen LogP contribution in [0.2, 0.25) is 0 Å². The molecule has 1 aliphatic heterocycles. The Hall–Kier alpha value is -3.02. The molecule has 1 saturated carbocycles. The summed E-state index contributed by atoms with van der Waals surface area (Å²) < 4.78 is 0. The molecule has 2 aromatic carbocycles. The maximum Gasteiger partial charge on any atom is 0.322 e. The second kappa shape index (κ2) is 10.3. The molecule has 176 valence electrons. The number of amides is 3. The number of likely N-dealkylation sites (tertiary alicyclic amines) is 1. The number of hydrogen-bond donors (Lipinski definition) is 3. The lowest BCUT2D eigenvalue weighted by Crippen LogP contribution is -2.50. The first-order chi connectivity index (χ1) is 15.9. The van der Waals surface area contributed by atoms with E-state index in [-0.39, 0.29) is 23.7 Å². The van der Waals surface area contributed by atoms with Crippen molar-refractivity contribution in [1.82, 2.24) is 10.2 Å².